The summed E-state index contributed by atoms with van der Waals surface area (Å²) in [6, 6.07) is 53.9. The Morgan fingerprint density at radius 3 is 2.17 bits per heavy atom. The zero-order valence-corrected chi connectivity index (χ0v) is 30.2. The SMILES string of the molecule is CC(C)(C)c1ccc(-n2c(-c3ccccc3)nc3c(-[n+]4[c-]n(-c5c(O)ccc6c5oc5ccccc56)c5ccccc54)cccc32)c(-c2ccccc2)c1. The Morgan fingerprint density at radius 1 is 0.667 bits per heavy atom. The highest BCUT2D eigenvalue weighted by Gasteiger charge is 2.25. The zero-order chi connectivity index (χ0) is 36.6. The monoisotopic (exact) mass is 700 g/mol. The van der Waals surface area contributed by atoms with Crippen LogP contribution in [0.4, 0.5) is 0 Å². The molecule has 6 heteroatoms. The van der Waals surface area contributed by atoms with Crippen LogP contribution in [0, 0.1) is 6.33 Å². The van der Waals surface area contributed by atoms with Crippen molar-refractivity contribution in [1.82, 2.24) is 14.1 Å². The number of imidazole rings is 2. The quantitative estimate of drug-likeness (QED) is 0.144. The number of aromatic hydroxyl groups is 1. The number of phenolic OH excluding ortho intramolecular Hbond substituents is 1. The summed E-state index contributed by atoms with van der Waals surface area (Å²) in [7, 11) is 0. The van der Waals surface area contributed by atoms with E-state index in [1.165, 1.54) is 5.56 Å². The molecule has 0 unspecified atom stereocenters. The van der Waals surface area contributed by atoms with Gasteiger partial charge in [0.15, 0.2) is 11.3 Å². The minimum Gasteiger partial charge on any atom is -0.511 e. The Labute approximate surface area is 312 Å². The second-order valence-corrected chi connectivity index (χ2v) is 14.8. The fourth-order valence-corrected chi connectivity index (χ4v) is 7.72. The molecule has 6 nitrogen and oxygen atoms in total. The minimum atomic E-state index is -0.0314. The first-order valence-corrected chi connectivity index (χ1v) is 18.2. The first-order valence-electron chi connectivity index (χ1n) is 18.2. The summed E-state index contributed by atoms with van der Waals surface area (Å²) in [4.78, 5) is 5.47. The van der Waals surface area contributed by atoms with Crippen LogP contribution in [0.5, 0.6) is 5.75 Å². The predicted octanol–water partition coefficient (Wildman–Crippen LogP) is 11.3. The molecule has 260 valence electrons. The van der Waals surface area contributed by atoms with Crippen molar-refractivity contribution in [1.29, 1.82) is 0 Å². The second kappa shape index (κ2) is 12.1. The van der Waals surface area contributed by atoms with Crippen molar-refractivity contribution >= 4 is 44.0 Å². The minimum absolute atomic E-state index is 0.0314. The van der Waals surface area contributed by atoms with Crippen LogP contribution in [0.15, 0.2) is 162 Å². The maximum absolute atomic E-state index is 11.5. The average Bonchev–Trinajstić information content (AvgIpc) is 3.90. The molecule has 0 spiro atoms. The summed E-state index contributed by atoms with van der Waals surface area (Å²) < 4.78 is 12.7. The molecular weight excluding hydrogens is 665 g/mol. The van der Waals surface area contributed by atoms with Gasteiger partial charge in [-0.3, -0.25) is 13.7 Å². The van der Waals surface area contributed by atoms with E-state index in [4.69, 9.17) is 9.40 Å². The fraction of sp³-hybridized carbons (Fsp3) is 0.0833. The Bertz CT molecular complexity index is 3040. The molecule has 0 fully saturated rings. The highest BCUT2D eigenvalue weighted by molar-refractivity contribution is 6.08. The maximum Gasteiger partial charge on any atom is 0.270 e. The number of aromatic nitrogens is 4. The smallest absolute Gasteiger partial charge is 0.270 e. The van der Waals surface area contributed by atoms with Gasteiger partial charge in [-0.1, -0.05) is 136 Å². The van der Waals surface area contributed by atoms with Crippen LogP contribution >= 0.6 is 0 Å². The number of hydrogen-bond donors (Lipinski definition) is 1. The second-order valence-electron chi connectivity index (χ2n) is 14.8. The van der Waals surface area contributed by atoms with E-state index >= 15 is 0 Å². The number of benzene rings is 7. The van der Waals surface area contributed by atoms with Gasteiger partial charge in [-0.2, -0.15) is 0 Å². The Hall–Kier alpha value is -6.92. The third kappa shape index (κ3) is 4.95. The number of phenols is 1. The molecule has 3 aromatic heterocycles. The molecule has 0 saturated carbocycles. The van der Waals surface area contributed by atoms with Gasteiger partial charge >= 0.3 is 0 Å². The molecule has 0 radical (unpaired) electrons. The summed E-state index contributed by atoms with van der Waals surface area (Å²) in [5.41, 5.74) is 11.9. The lowest BCUT2D eigenvalue weighted by Gasteiger charge is -2.23. The standard InChI is InChI=1S/C48H36N4O2/c1-48(2,3)33-25-27-37(36(29-33)31-15-6-4-7-16-31)52-41-23-14-22-40(44(41)49-47(52)32-17-8-5-9-18-32)50-30-51(39-21-12-11-20-38(39)50)45-42(53)28-26-35-34-19-10-13-24-43(34)54-46(35)45/h4-29,53H,1-3H3. The Balaban J connectivity index is 1.26. The molecule has 0 atom stereocenters. The van der Waals surface area contributed by atoms with Gasteiger partial charge in [0.1, 0.15) is 22.7 Å². The normalized spacial score (nSPS) is 12.1. The van der Waals surface area contributed by atoms with Crippen molar-refractivity contribution in [2.75, 3.05) is 0 Å². The van der Waals surface area contributed by atoms with Crippen LogP contribution < -0.4 is 4.57 Å². The molecule has 0 aliphatic rings. The van der Waals surface area contributed by atoms with E-state index in [0.717, 1.165) is 72.3 Å². The molecule has 0 bridgehead atoms. The van der Waals surface area contributed by atoms with Crippen molar-refractivity contribution in [2.24, 2.45) is 0 Å². The van der Waals surface area contributed by atoms with Crippen LogP contribution in [0.1, 0.15) is 26.3 Å². The van der Waals surface area contributed by atoms with Crippen LogP contribution in [-0.4, -0.2) is 19.2 Å². The van der Waals surface area contributed by atoms with Crippen molar-refractivity contribution in [3.05, 3.63) is 170 Å². The zero-order valence-electron chi connectivity index (χ0n) is 30.2. The molecule has 0 saturated heterocycles. The Kier molecular flexibility index (Phi) is 7.11. The molecular formula is C48H36N4O2. The van der Waals surface area contributed by atoms with Crippen LogP contribution in [0.3, 0.4) is 0 Å². The van der Waals surface area contributed by atoms with Gasteiger partial charge in [-0.05, 0) is 59.0 Å². The number of para-hydroxylation sites is 4. The molecule has 7 aromatic carbocycles. The maximum atomic E-state index is 11.5. The van der Waals surface area contributed by atoms with E-state index in [2.05, 4.69) is 129 Å². The highest BCUT2D eigenvalue weighted by Crippen LogP contribution is 2.40. The van der Waals surface area contributed by atoms with Gasteiger partial charge in [0.2, 0.25) is 0 Å². The molecule has 54 heavy (non-hydrogen) atoms. The first-order chi connectivity index (χ1) is 26.3. The molecule has 10 rings (SSSR count). The predicted molar refractivity (Wildman–Crippen MR) is 217 cm³/mol. The summed E-state index contributed by atoms with van der Waals surface area (Å²) in [5, 5.41) is 13.4. The van der Waals surface area contributed by atoms with E-state index in [1.54, 1.807) is 6.07 Å². The lowest BCUT2D eigenvalue weighted by molar-refractivity contribution is -0.571. The highest BCUT2D eigenvalue weighted by atomic mass is 16.3. The van der Waals surface area contributed by atoms with Crippen LogP contribution in [0.2, 0.25) is 0 Å². The molecule has 0 amide bonds. The number of fused-ring (bicyclic) bond motifs is 5. The molecule has 10 aromatic rings. The third-order valence-corrected chi connectivity index (χ3v) is 10.4. The average molecular weight is 701 g/mol. The van der Waals surface area contributed by atoms with Gasteiger partial charge in [0.05, 0.1) is 27.9 Å². The van der Waals surface area contributed by atoms with E-state index in [9.17, 15) is 5.11 Å². The van der Waals surface area contributed by atoms with Gasteiger partial charge < -0.3 is 9.52 Å². The Morgan fingerprint density at radius 2 is 1.37 bits per heavy atom. The van der Waals surface area contributed by atoms with Crippen LogP contribution in [0.25, 0.3) is 83.6 Å². The van der Waals surface area contributed by atoms with E-state index in [1.807, 2.05) is 63.7 Å². The van der Waals surface area contributed by atoms with Gasteiger partial charge in [0, 0.05) is 21.9 Å². The van der Waals surface area contributed by atoms with E-state index in [-0.39, 0.29) is 11.2 Å². The number of rotatable bonds is 5. The van der Waals surface area contributed by atoms with Crippen LogP contribution in [-0.2, 0) is 5.41 Å². The number of hydrogen-bond acceptors (Lipinski definition) is 3. The van der Waals surface area contributed by atoms with Crippen molar-refractivity contribution in [2.45, 2.75) is 26.2 Å². The van der Waals surface area contributed by atoms with Crippen molar-refractivity contribution in [3.8, 4) is 45.3 Å². The summed E-state index contributed by atoms with van der Waals surface area (Å²) in [6.07, 6.45) is 3.63. The fourth-order valence-electron chi connectivity index (χ4n) is 7.72. The van der Waals surface area contributed by atoms with Gasteiger partial charge in [-0.25, -0.2) is 4.98 Å². The number of nitrogens with zero attached hydrogens (tertiary/aromatic N) is 4. The largest absolute Gasteiger partial charge is 0.511 e. The lowest BCUT2D eigenvalue weighted by Crippen LogP contribution is -2.30. The third-order valence-electron chi connectivity index (χ3n) is 10.4. The topological polar surface area (TPSA) is 60.0 Å². The van der Waals surface area contributed by atoms with Crippen molar-refractivity contribution in [3.63, 3.8) is 0 Å². The first kappa shape index (κ1) is 31.8. The van der Waals surface area contributed by atoms with E-state index in [0.29, 0.717) is 11.3 Å². The summed E-state index contributed by atoms with van der Waals surface area (Å²) in [6.45, 7) is 6.76. The lowest BCUT2D eigenvalue weighted by atomic mass is 9.85. The molecule has 1 N–H and O–H groups in total. The summed E-state index contributed by atoms with van der Waals surface area (Å²) in [5.74, 6) is 0.944. The number of furan rings is 1. The summed E-state index contributed by atoms with van der Waals surface area (Å²) >= 11 is 0. The molecule has 3 heterocycles. The van der Waals surface area contributed by atoms with Crippen molar-refractivity contribution < 1.29 is 14.1 Å². The van der Waals surface area contributed by atoms with E-state index < -0.39 is 0 Å². The molecule has 0 aliphatic carbocycles. The molecule has 0 aliphatic heterocycles. The van der Waals surface area contributed by atoms with Gasteiger partial charge in [0.25, 0.3) is 6.33 Å². The van der Waals surface area contributed by atoms with Gasteiger partial charge in [-0.15, -0.1) is 0 Å².